The smallest absolute Gasteiger partial charge is 0.308 e. The van der Waals surface area contributed by atoms with Crippen molar-refractivity contribution in [3.8, 4) is 0 Å². The highest BCUT2D eigenvalue weighted by Crippen LogP contribution is 2.13. The molecule has 1 aromatic rings. The molecule has 4 nitrogen and oxygen atoms in total. The van der Waals surface area contributed by atoms with Crippen LogP contribution in [-0.4, -0.2) is 20.6 Å². The second-order valence-electron chi connectivity index (χ2n) is 3.83. The lowest BCUT2D eigenvalue weighted by atomic mass is 10.1. The fraction of sp³-hybridized carbons (Fsp3) is 0.600. The number of aromatic nitrogens is 2. The summed E-state index contributed by atoms with van der Waals surface area (Å²) in [5, 5.41) is 8.78. The lowest BCUT2D eigenvalue weighted by Gasteiger charge is -2.12. The van der Waals surface area contributed by atoms with E-state index >= 15 is 0 Å². The average Bonchev–Trinajstić information content (AvgIpc) is 2.52. The fourth-order valence-electron chi connectivity index (χ4n) is 1.35. The number of rotatable bonds is 4. The molecule has 0 aliphatic rings. The van der Waals surface area contributed by atoms with Gasteiger partial charge in [-0.2, -0.15) is 0 Å². The summed E-state index contributed by atoms with van der Waals surface area (Å²) >= 11 is 0. The number of carboxylic acid groups (broad SMARTS) is 1. The number of carbonyl (C=O) groups is 1. The highest BCUT2D eigenvalue weighted by molar-refractivity contribution is 5.69. The Morgan fingerprint density at radius 3 is 2.71 bits per heavy atom. The van der Waals surface area contributed by atoms with Crippen molar-refractivity contribution in [3.05, 3.63) is 18.2 Å². The fourth-order valence-corrected chi connectivity index (χ4v) is 1.35. The minimum atomic E-state index is -0.770. The van der Waals surface area contributed by atoms with Crippen LogP contribution in [-0.2, 0) is 11.3 Å². The lowest BCUT2D eigenvalue weighted by molar-refractivity contribution is -0.141. The first kappa shape index (κ1) is 10.8. The molecule has 0 aromatic carbocycles. The van der Waals surface area contributed by atoms with Crippen LogP contribution in [0.2, 0.25) is 0 Å². The number of imidazole rings is 1. The molecule has 0 spiro atoms. The Morgan fingerprint density at radius 2 is 2.21 bits per heavy atom. The van der Waals surface area contributed by atoms with Gasteiger partial charge in [0, 0.05) is 24.9 Å². The van der Waals surface area contributed by atoms with Crippen molar-refractivity contribution >= 4 is 5.97 Å². The second-order valence-corrected chi connectivity index (χ2v) is 3.83. The van der Waals surface area contributed by atoms with Crippen molar-refractivity contribution in [3.63, 3.8) is 0 Å². The van der Waals surface area contributed by atoms with Crippen LogP contribution in [0.1, 0.15) is 32.5 Å². The largest absolute Gasteiger partial charge is 0.481 e. The van der Waals surface area contributed by atoms with Crippen molar-refractivity contribution in [1.82, 2.24) is 9.55 Å². The molecule has 1 aromatic heterocycles. The molecule has 1 unspecified atom stereocenters. The Bertz CT molecular complexity index is 318. The van der Waals surface area contributed by atoms with Gasteiger partial charge in [-0.25, -0.2) is 4.98 Å². The van der Waals surface area contributed by atoms with E-state index in [1.807, 2.05) is 24.6 Å². The van der Waals surface area contributed by atoms with Crippen LogP contribution in [0, 0.1) is 5.92 Å². The predicted molar refractivity (Wildman–Crippen MR) is 53.1 cm³/mol. The normalized spacial score (nSPS) is 13.1. The van der Waals surface area contributed by atoms with Crippen LogP contribution >= 0.6 is 0 Å². The van der Waals surface area contributed by atoms with Gasteiger partial charge in [-0.05, 0) is 0 Å². The molecule has 0 bridgehead atoms. The molecule has 0 amide bonds. The molecular formula is C10H16N2O2. The van der Waals surface area contributed by atoms with Gasteiger partial charge in [-0.1, -0.05) is 20.8 Å². The maximum absolute atomic E-state index is 10.7. The van der Waals surface area contributed by atoms with E-state index in [1.54, 1.807) is 13.1 Å². The molecule has 0 fully saturated rings. The monoisotopic (exact) mass is 196 g/mol. The van der Waals surface area contributed by atoms with Gasteiger partial charge >= 0.3 is 5.97 Å². The topological polar surface area (TPSA) is 55.1 Å². The van der Waals surface area contributed by atoms with Crippen molar-refractivity contribution in [2.24, 2.45) is 5.92 Å². The second kappa shape index (κ2) is 4.26. The third kappa shape index (κ3) is 2.34. The first-order valence-electron chi connectivity index (χ1n) is 4.76. The number of nitrogens with zero attached hydrogens (tertiary/aromatic N) is 2. The van der Waals surface area contributed by atoms with Crippen LogP contribution in [0.5, 0.6) is 0 Å². The van der Waals surface area contributed by atoms with E-state index < -0.39 is 5.97 Å². The van der Waals surface area contributed by atoms with Crippen molar-refractivity contribution in [1.29, 1.82) is 0 Å². The summed E-state index contributed by atoms with van der Waals surface area (Å²) in [5.41, 5.74) is 0. The zero-order valence-corrected chi connectivity index (χ0v) is 8.77. The van der Waals surface area contributed by atoms with Crippen LogP contribution in [0.15, 0.2) is 12.4 Å². The van der Waals surface area contributed by atoms with Crippen LogP contribution < -0.4 is 0 Å². The van der Waals surface area contributed by atoms with Crippen molar-refractivity contribution in [2.75, 3.05) is 0 Å². The van der Waals surface area contributed by atoms with E-state index in [4.69, 9.17) is 5.11 Å². The maximum Gasteiger partial charge on any atom is 0.308 e. The van der Waals surface area contributed by atoms with Crippen LogP contribution in [0.25, 0.3) is 0 Å². The van der Waals surface area contributed by atoms with Crippen molar-refractivity contribution < 1.29 is 9.90 Å². The van der Waals surface area contributed by atoms with Gasteiger partial charge in [-0.3, -0.25) is 4.79 Å². The van der Waals surface area contributed by atoms with Gasteiger partial charge in [0.1, 0.15) is 5.82 Å². The first-order chi connectivity index (χ1) is 6.52. The third-order valence-electron chi connectivity index (χ3n) is 2.16. The summed E-state index contributed by atoms with van der Waals surface area (Å²) in [6, 6.07) is 0. The van der Waals surface area contributed by atoms with Gasteiger partial charge in [0.25, 0.3) is 0 Å². The van der Waals surface area contributed by atoms with Gasteiger partial charge in [0.05, 0.1) is 5.92 Å². The van der Waals surface area contributed by atoms with Gasteiger partial charge in [-0.15, -0.1) is 0 Å². The van der Waals surface area contributed by atoms with Crippen molar-refractivity contribution in [2.45, 2.75) is 33.2 Å². The van der Waals surface area contributed by atoms with Gasteiger partial charge in [0.2, 0.25) is 0 Å². The third-order valence-corrected chi connectivity index (χ3v) is 2.16. The van der Waals surface area contributed by atoms with E-state index in [0.717, 1.165) is 5.82 Å². The van der Waals surface area contributed by atoms with Gasteiger partial charge in [0.15, 0.2) is 0 Å². The highest BCUT2D eigenvalue weighted by atomic mass is 16.4. The molecule has 0 aliphatic carbocycles. The Hall–Kier alpha value is -1.32. The lowest BCUT2D eigenvalue weighted by Crippen LogP contribution is -2.18. The molecule has 1 heterocycles. The first-order valence-corrected chi connectivity index (χ1v) is 4.76. The van der Waals surface area contributed by atoms with Crippen LogP contribution in [0.3, 0.4) is 0 Å². The minimum absolute atomic E-state index is 0.325. The highest BCUT2D eigenvalue weighted by Gasteiger charge is 2.14. The Kier molecular flexibility index (Phi) is 3.28. The maximum atomic E-state index is 10.7. The summed E-state index contributed by atoms with van der Waals surface area (Å²) in [4.78, 5) is 14.9. The van der Waals surface area contributed by atoms with E-state index in [9.17, 15) is 4.79 Å². The number of hydrogen-bond donors (Lipinski definition) is 1. The predicted octanol–water partition coefficient (Wildman–Crippen LogP) is 1.73. The summed E-state index contributed by atoms with van der Waals surface area (Å²) in [6.07, 6.45) is 3.54. The van der Waals surface area contributed by atoms with E-state index in [0.29, 0.717) is 12.5 Å². The number of aliphatic carboxylic acids is 1. The zero-order valence-electron chi connectivity index (χ0n) is 8.77. The molecule has 4 heteroatoms. The zero-order chi connectivity index (χ0) is 10.7. The Balaban J connectivity index is 2.76. The van der Waals surface area contributed by atoms with E-state index in [1.165, 1.54) is 0 Å². The molecule has 14 heavy (non-hydrogen) atoms. The van der Waals surface area contributed by atoms with Gasteiger partial charge < -0.3 is 9.67 Å². The molecule has 78 valence electrons. The Morgan fingerprint density at radius 1 is 1.57 bits per heavy atom. The Labute approximate surface area is 83.6 Å². The molecule has 1 rings (SSSR count). The summed E-state index contributed by atoms with van der Waals surface area (Å²) in [6.45, 7) is 6.28. The molecular weight excluding hydrogens is 180 g/mol. The van der Waals surface area contributed by atoms with E-state index in [2.05, 4.69) is 4.98 Å². The SMILES string of the molecule is CC(Cn1ccnc1C(C)C)C(=O)O. The van der Waals surface area contributed by atoms with Crippen LogP contribution in [0.4, 0.5) is 0 Å². The molecule has 0 aliphatic heterocycles. The molecule has 1 atom stereocenters. The number of hydrogen-bond acceptors (Lipinski definition) is 2. The molecule has 0 radical (unpaired) electrons. The number of carboxylic acids is 1. The van der Waals surface area contributed by atoms with E-state index in [-0.39, 0.29) is 5.92 Å². The molecule has 0 saturated heterocycles. The summed E-state index contributed by atoms with van der Waals surface area (Å²) < 4.78 is 1.91. The quantitative estimate of drug-likeness (QED) is 0.797. The summed E-state index contributed by atoms with van der Waals surface area (Å²) in [5.74, 6) is 0.124. The molecule has 0 saturated carbocycles. The molecule has 1 N–H and O–H groups in total. The minimum Gasteiger partial charge on any atom is -0.481 e. The average molecular weight is 196 g/mol. The summed E-state index contributed by atoms with van der Waals surface area (Å²) in [7, 11) is 0. The standard InChI is InChI=1S/C10H16N2O2/c1-7(2)9-11-4-5-12(9)6-8(3)10(13)14/h4-5,7-8H,6H2,1-3H3,(H,13,14).